The van der Waals surface area contributed by atoms with Crippen LogP contribution in [0.1, 0.15) is 6.92 Å². The predicted octanol–water partition coefficient (Wildman–Crippen LogP) is 2.48. The summed E-state index contributed by atoms with van der Waals surface area (Å²) >= 11 is 3.19. The third kappa shape index (κ3) is 2.08. The molecule has 3 heteroatoms. The van der Waals surface area contributed by atoms with Crippen molar-refractivity contribution in [1.82, 2.24) is 0 Å². The second-order valence-electron chi connectivity index (χ2n) is 2.64. The molecule has 0 bridgehead atoms. The van der Waals surface area contributed by atoms with Crippen LogP contribution in [-0.2, 0) is 4.79 Å². The quantitative estimate of drug-likeness (QED) is 0.749. The van der Waals surface area contributed by atoms with Gasteiger partial charge >= 0.3 is 5.97 Å². The zero-order valence-electron chi connectivity index (χ0n) is 6.62. The van der Waals surface area contributed by atoms with Crippen LogP contribution in [0.4, 0.5) is 0 Å². The first kappa shape index (κ1) is 9.26. The molecule has 12 heavy (non-hydrogen) atoms. The Bertz CT molecular complexity index is 287. The molecule has 0 saturated heterocycles. The minimum Gasteiger partial charge on any atom is -0.478 e. The molecule has 1 N–H and O–H groups in total. The summed E-state index contributed by atoms with van der Waals surface area (Å²) in [6.45, 7) is 1.94. The monoisotopic (exact) mass is 228 g/mol. The number of hydrogen-bond donors (Lipinski definition) is 1. The third-order valence-corrected chi connectivity index (χ3v) is 2.27. The Labute approximate surface area is 79.4 Å². The van der Waals surface area contributed by atoms with Crippen LogP contribution in [-0.4, -0.2) is 11.1 Å². The van der Waals surface area contributed by atoms with E-state index in [9.17, 15) is 4.79 Å². The topological polar surface area (TPSA) is 37.3 Å². The van der Waals surface area contributed by atoms with Gasteiger partial charge in [0.05, 0.1) is 5.57 Å². The molecule has 2 nitrogen and oxygen atoms in total. The molecule has 1 aliphatic carbocycles. The Morgan fingerprint density at radius 1 is 1.67 bits per heavy atom. The van der Waals surface area contributed by atoms with Crippen LogP contribution in [0, 0.1) is 5.92 Å². The van der Waals surface area contributed by atoms with Gasteiger partial charge in [-0.1, -0.05) is 25.2 Å². The lowest BCUT2D eigenvalue weighted by molar-refractivity contribution is -0.132. The Hall–Kier alpha value is -0.830. The molecule has 1 unspecified atom stereocenters. The summed E-state index contributed by atoms with van der Waals surface area (Å²) in [6, 6.07) is 0. The van der Waals surface area contributed by atoms with Gasteiger partial charge in [0.1, 0.15) is 0 Å². The molecule has 0 fully saturated rings. The van der Waals surface area contributed by atoms with Crippen LogP contribution in [0.3, 0.4) is 0 Å². The molecule has 0 aromatic heterocycles. The summed E-state index contributed by atoms with van der Waals surface area (Å²) in [7, 11) is 0. The van der Waals surface area contributed by atoms with Gasteiger partial charge in [0.25, 0.3) is 0 Å². The lowest BCUT2D eigenvalue weighted by atomic mass is 10.1. The van der Waals surface area contributed by atoms with Crippen LogP contribution in [0.15, 0.2) is 34.4 Å². The van der Waals surface area contributed by atoms with Crippen LogP contribution >= 0.6 is 15.9 Å². The summed E-state index contributed by atoms with van der Waals surface area (Å²) in [6.07, 6.45) is 7.24. The number of carboxylic acids is 1. The van der Waals surface area contributed by atoms with Crippen molar-refractivity contribution >= 4 is 21.9 Å². The van der Waals surface area contributed by atoms with E-state index >= 15 is 0 Å². The van der Waals surface area contributed by atoms with E-state index in [0.29, 0.717) is 10.1 Å². The Balaban J connectivity index is 3.04. The fraction of sp³-hybridized carbons (Fsp3) is 0.222. The number of halogens is 1. The summed E-state index contributed by atoms with van der Waals surface area (Å²) < 4.78 is 0.621. The SMILES string of the molecule is CC1C=CC=C(Br)C(C(=O)O)=C1. The van der Waals surface area contributed by atoms with Crippen molar-refractivity contribution in [3.8, 4) is 0 Å². The molecule has 0 heterocycles. The molecule has 0 aromatic carbocycles. The fourth-order valence-electron chi connectivity index (χ4n) is 0.977. The van der Waals surface area contributed by atoms with Gasteiger partial charge in [0.15, 0.2) is 0 Å². The summed E-state index contributed by atoms with van der Waals surface area (Å²) in [4.78, 5) is 10.7. The molecular formula is C9H9BrO2. The number of rotatable bonds is 1. The smallest absolute Gasteiger partial charge is 0.336 e. The van der Waals surface area contributed by atoms with Crippen molar-refractivity contribution in [3.63, 3.8) is 0 Å². The predicted molar refractivity (Wildman–Crippen MR) is 51.0 cm³/mol. The Morgan fingerprint density at radius 3 is 2.92 bits per heavy atom. The molecule has 0 radical (unpaired) electrons. The first-order chi connectivity index (χ1) is 5.61. The second kappa shape index (κ2) is 3.72. The molecule has 1 aliphatic rings. The highest BCUT2D eigenvalue weighted by Gasteiger charge is 2.12. The average molecular weight is 229 g/mol. The van der Waals surface area contributed by atoms with Gasteiger partial charge in [0.2, 0.25) is 0 Å². The van der Waals surface area contributed by atoms with E-state index in [2.05, 4.69) is 15.9 Å². The largest absolute Gasteiger partial charge is 0.478 e. The van der Waals surface area contributed by atoms with E-state index in [1.807, 2.05) is 19.1 Å². The van der Waals surface area contributed by atoms with E-state index in [0.717, 1.165) is 0 Å². The molecule has 0 aliphatic heterocycles. The Kier molecular flexibility index (Phi) is 2.87. The van der Waals surface area contributed by atoms with Crippen LogP contribution in [0.25, 0.3) is 0 Å². The molecule has 0 spiro atoms. The van der Waals surface area contributed by atoms with Gasteiger partial charge in [-0.05, 0) is 27.9 Å². The van der Waals surface area contributed by atoms with Gasteiger partial charge in [-0.3, -0.25) is 0 Å². The highest BCUT2D eigenvalue weighted by molar-refractivity contribution is 9.12. The Morgan fingerprint density at radius 2 is 2.33 bits per heavy atom. The van der Waals surface area contributed by atoms with Crippen LogP contribution < -0.4 is 0 Å². The van der Waals surface area contributed by atoms with Crippen LogP contribution in [0.5, 0.6) is 0 Å². The first-order valence-corrected chi connectivity index (χ1v) is 4.40. The lowest BCUT2D eigenvalue weighted by Gasteiger charge is -2.00. The van der Waals surface area contributed by atoms with E-state index in [-0.39, 0.29) is 5.92 Å². The number of carboxylic acid groups (broad SMARTS) is 1. The fourth-order valence-corrected chi connectivity index (χ4v) is 1.43. The number of aliphatic carboxylic acids is 1. The number of allylic oxidation sites excluding steroid dienone is 4. The third-order valence-electron chi connectivity index (χ3n) is 1.57. The first-order valence-electron chi connectivity index (χ1n) is 3.60. The van der Waals surface area contributed by atoms with E-state index in [1.165, 1.54) is 0 Å². The zero-order valence-corrected chi connectivity index (χ0v) is 8.21. The van der Waals surface area contributed by atoms with Gasteiger partial charge in [-0.25, -0.2) is 4.79 Å². The molecule has 1 atom stereocenters. The minimum atomic E-state index is -0.895. The van der Waals surface area contributed by atoms with Gasteiger partial charge in [-0.2, -0.15) is 0 Å². The maximum absolute atomic E-state index is 10.7. The van der Waals surface area contributed by atoms with Crippen molar-refractivity contribution in [2.24, 2.45) is 5.92 Å². The molecule has 0 aromatic rings. The molecule has 0 amide bonds. The standard InChI is InChI=1S/C9H9BrO2/c1-6-3-2-4-8(10)7(5-6)9(11)12/h2-6H,1H3,(H,11,12). The summed E-state index contributed by atoms with van der Waals surface area (Å²) in [5, 5.41) is 8.78. The highest BCUT2D eigenvalue weighted by atomic mass is 79.9. The van der Waals surface area contributed by atoms with Gasteiger partial charge in [-0.15, -0.1) is 0 Å². The summed E-state index contributed by atoms with van der Waals surface area (Å²) in [5.41, 5.74) is 0.326. The zero-order chi connectivity index (χ0) is 9.14. The molecular weight excluding hydrogens is 220 g/mol. The van der Waals surface area contributed by atoms with E-state index in [4.69, 9.17) is 5.11 Å². The highest BCUT2D eigenvalue weighted by Crippen LogP contribution is 2.22. The molecule has 1 rings (SSSR count). The van der Waals surface area contributed by atoms with Crippen molar-refractivity contribution in [2.45, 2.75) is 6.92 Å². The number of hydrogen-bond acceptors (Lipinski definition) is 1. The van der Waals surface area contributed by atoms with Crippen LogP contribution in [0.2, 0.25) is 0 Å². The van der Waals surface area contributed by atoms with E-state index < -0.39 is 5.97 Å². The molecule has 64 valence electrons. The van der Waals surface area contributed by atoms with Crippen molar-refractivity contribution in [1.29, 1.82) is 0 Å². The van der Waals surface area contributed by atoms with Gasteiger partial charge < -0.3 is 5.11 Å². The van der Waals surface area contributed by atoms with Gasteiger partial charge in [0, 0.05) is 4.48 Å². The minimum absolute atomic E-state index is 0.169. The second-order valence-corrected chi connectivity index (χ2v) is 3.50. The summed E-state index contributed by atoms with van der Waals surface area (Å²) in [5.74, 6) is -0.726. The average Bonchev–Trinajstić information content (AvgIpc) is 2.13. The maximum Gasteiger partial charge on any atom is 0.336 e. The van der Waals surface area contributed by atoms with Crippen molar-refractivity contribution < 1.29 is 9.90 Å². The van der Waals surface area contributed by atoms with E-state index in [1.54, 1.807) is 12.2 Å². The maximum atomic E-state index is 10.7. The normalized spacial score (nSPS) is 22.7. The van der Waals surface area contributed by atoms with Crippen molar-refractivity contribution in [3.05, 3.63) is 34.4 Å². The molecule has 0 saturated carbocycles. The number of carbonyl (C=O) groups is 1. The van der Waals surface area contributed by atoms with Crippen molar-refractivity contribution in [2.75, 3.05) is 0 Å². The lowest BCUT2D eigenvalue weighted by Crippen LogP contribution is -2.01.